The summed E-state index contributed by atoms with van der Waals surface area (Å²) in [6.45, 7) is 10.1. The standard InChI is InChI=1S/C28H35Cl2N3OS2/c1-19(2)15-25(32-20(3)27-16-21-9-5-6-10-26(21)35-27)28(34)31-13-7-8-14-33(4)36-24-12-11-22(29)17-23(30)18-24/h5-6,9-12,16-17,19,25,32H,3,7-8,13-15,18H2,1-2,4H3,(H,31,34)/t25-/m0/s1. The first-order valence-electron chi connectivity index (χ1n) is 12.2. The largest absolute Gasteiger partial charge is 0.373 e. The molecule has 2 N–H and O–H groups in total. The molecule has 0 spiro atoms. The molecule has 1 aromatic heterocycles. The van der Waals surface area contributed by atoms with Crippen molar-refractivity contribution in [2.75, 3.05) is 20.1 Å². The highest BCUT2D eigenvalue weighted by atomic mass is 35.5. The number of rotatable bonds is 13. The molecular formula is C28H35Cl2N3OS2. The van der Waals surface area contributed by atoms with Gasteiger partial charge in [-0.05, 0) is 79.9 Å². The van der Waals surface area contributed by atoms with E-state index < -0.39 is 0 Å². The molecule has 8 heteroatoms. The van der Waals surface area contributed by atoms with Gasteiger partial charge in [0.15, 0.2) is 0 Å². The predicted octanol–water partition coefficient (Wildman–Crippen LogP) is 7.89. The van der Waals surface area contributed by atoms with Crippen molar-refractivity contribution in [3.63, 3.8) is 0 Å². The first-order valence-corrected chi connectivity index (χ1v) is 14.6. The molecule has 0 radical (unpaired) electrons. The van der Waals surface area contributed by atoms with Gasteiger partial charge >= 0.3 is 0 Å². The molecule has 1 amide bonds. The number of amides is 1. The zero-order valence-corrected chi connectivity index (χ0v) is 24.3. The average molecular weight is 565 g/mol. The molecule has 0 saturated carbocycles. The van der Waals surface area contributed by atoms with Crippen LogP contribution in [0.4, 0.5) is 0 Å². The topological polar surface area (TPSA) is 44.4 Å². The molecule has 1 aliphatic carbocycles. The number of unbranched alkanes of at least 4 members (excludes halogenated alkanes) is 1. The summed E-state index contributed by atoms with van der Waals surface area (Å²) in [4.78, 5) is 15.2. The van der Waals surface area contributed by atoms with Crippen molar-refractivity contribution in [3.05, 3.63) is 75.0 Å². The molecule has 194 valence electrons. The number of fused-ring (bicyclic) bond motifs is 1. The van der Waals surface area contributed by atoms with Crippen LogP contribution in [-0.2, 0) is 4.79 Å². The zero-order chi connectivity index (χ0) is 26.1. The van der Waals surface area contributed by atoms with E-state index >= 15 is 0 Å². The van der Waals surface area contributed by atoms with Crippen LogP contribution >= 0.6 is 46.5 Å². The lowest BCUT2D eigenvalue weighted by atomic mass is 10.0. The number of carbonyl (C=O) groups excluding carboxylic acids is 1. The van der Waals surface area contributed by atoms with Crippen molar-refractivity contribution in [2.45, 2.75) is 45.6 Å². The summed E-state index contributed by atoms with van der Waals surface area (Å²) in [6.07, 6.45) is 9.01. The van der Waals surface area contributed by atoms with Gasteiger partial charge in [0.05, 0.1) is 4.88 Å². The Balaban J connectivity index is 1.43. The number of halogens is 2. The Kier molecular flexibility index (Phi) is 11.5. The second-order valence-corrected chi connectivity index (χ2v) is 12.7. The number of nitrogens with zero attached hydrogens (tertiary/aromatic N) is 1. The maximum absolute atomic E-state index is 13.0. The highest BCUT2D eigenvalue weighted by molar-refractivity contribution is 8.00. The Labute approximate surface area is 233 Å². The minimum atomic E-state index is -0.305. The van der Waals surface area contributed by atoms with Gasteiger partial charge in [0.1, 0.15) is 6.04 Å². The van der Waals surface area contributed by atoms with Crippen molar-refractivity contribution in [1.82, 2.24) is 14.9 Å². The molecule has 3 rings (SSSR count). The average Bonchev–Trinajstić information content (AvgIpc) is 3.19. The lowest BCUT2D eigenvalue weighted by Crippen LogP contribution is -2.44. The molecule has 1 aromatic carbocycles. The Morgan fingerprint density at radius 1 is 1.22 bits per heavy atom. The monoisotopic (exact) mass is 563 g/mol. The molecule has 0 saturated heterocycles. The fraction of sp³-hybridized carbons (Fsp3) is 0.393. The van der Waals surface area contributed by atoms with Crippen molar-refractivity contribution in [2.24, 2.45) is 5.92 Å². The van der Waals surface area contributed by atoms with Gasteiger partial charge in [-0.1, -0.05) is 61.8 Å². The summed E-state index contributed by atoms with van der Waals surface area (Å²) in [5.41, 5.74) is 0.801. The van der Waals surface area contributed by atoms with Crippen molar-refractivity contribution >= 4 is 68.2 Å². The van der Waals surface area contributed by atoms with E-state index in [0.29, 0.717) is 23.9 Å². The summed E-state index contributed by atoms with van der Waals surface area (Å²) in [5, 5.41) is 9.10. The van der Waals surface area contributed by atoms with Crippen LogP contribution in [0.5, 0.6) is 0 Å². The van der Waals surface area contributed by atoms with E-state index in [1.54, 1.807) is 29.4 Å². The molecular weight excluding hydrogens is 529 g/mol. The molecule has 0 bridgehead atoms. The molecule has 1 heterocycles. The van der Waals surface area contributed by atoms with Crippen molar-refractivity contribution in [3.8, 4) is 0 Å². The number of hydrogen-bond donors (Lipinski definition) is 2. The van der Waals surface area contributed by atoms with Gasteiger partial charge in [0.25, 0.3) is 0 Å². The summed E-state index contributed by atoms with van der Waals surface area (Å²) < 4.78 is 3.42. The summed E-state index contributed by atoms with van der Waals surface area (Å²) in [6, 6.07) is 10.1. The SMILES string of the molecule is C=C(N[C@@H](CC(C)C)C(=O)NCCCCN(C)SC1=CC=C(Cl)C=C(Cl)C1)c1cc2ccccc2s1. The van der Waals surface area contributed by atoms with Gasteiger partial charge in [0.2, 0.25) is 5.91 Å². The van der Waals surface area contributed by atoms with Crippen LogP contribution in [0.15, 0.2) is 70.1 Å². The maximum Gasteiger partial charge on any atom is 0.242 e. The quantitative estimate of drug-likeness (QED) is 0.192. The molecule has 0 unspecified atom stereocenters. The maximum atomic E-state index is 13.0. The van der Waals surface area contributed by atoms with E-state index in [1.807, 2.05) is 24.3 Å². The minimum absolute atomic E-state index is 0.0300. The highest BCUT2D eigenvalue weighted by Crippen LogP contribution is 2.31. The van der Waals surface area contributed by atoms with Gasteiger partial charge in [-0.25, -0.2) is 4.31 Å². The lowest BCUT2D eigenvalue weighted by Gasteiger charge is -2.22. The third kappa shape index (κ3) is 9.31. The second-order valence-electron chi connectivity index (χ2n) is 9.35. The zero-order valence-electron chi connectivity index (χ0n) is 21.2. The molecule has 0 fully saturated rings. The molecule has 4 nitrogen and oxygen atoms in total. The minimum Gasteiger partial charge on any atom is -0.373 e. The van der Waals surface area contributed by atoms with Gasteiger partial charge in [0, 0.05) is 44.9 Å². The van der Waals surface area contributed by atoms with E-state index in [2.05, 4.69) is 60.6 Å². The first-order chi connectivity index (χ1) is 17.2. The van der Waals surface area contributed by atoms with Crippen molar-refractivity contribution in [1.29, 1.82) is 0 Å². The molecule has 1 atom stereocenters. The molecule has 1 aliphatic rings. The Morgan fingerprint density at radius 2 is 2.00 bits per heavy atom. The Morgan fingerprint density at radius 3 is 2.75 bits per heavy atom. The third-order valence-electron chi connectivity index (χ3n) is 5.63. The van der Waals surface area contributed by atoms with Gasteiger partial charge in [-0.2, -0.15) is 0 Å². The van der Waals surface area contributed by atoms with E-state index in [0.717, 1.165) is 46.3 Å². The van der Waals surface area contributed by atoms with Gasteiger partial charge < -0.3 is 10.6 Å². The predicted molar refractivity (Wildman–Crippen MR) is 160 cm³/mol. The van der Waals surface area contributed by atoms with Crippen LogP contribution in [0.25, 0.3) is 15.8 Å². The Bertz CT molecular complexity index is 1120. The van der Waals surface area contributed by atoms with E-state index in [-0.39, 0.29) is 11.9 Å². The highest BCUT2D eigenvalue weighted by Gasteiger charge is 2.21. The van der Waals surface area contributed by atoms with E-state index in [1.165, 1.54) is 10.1 Å². The fourth-order valence-corrected chi connectivity index (χ4v) is 6.42. The second kappa shape index (κ2) is 14.3. The number of hydrogen-bond acceptors (Lipinski definition) is 5. The van der Waals surface area contributed by atoms with Gasteiger partial charge in [-0.15, -0.1) is 11.3 Å². The van der Waals surface area contributed by atoms with E-state index in [9.17, 15) is 4.79 Å². The number of benzene rings is 1. The Hall–Kier alpha value is -1.70. The van der Waals surface area contributed by atoms with Crippen LogP contribution in [0.1, 0.15) is 44.4 Å². The van der Waals surface area contributed by atoms with Crippen LogP contribution in [0, 0.1) is 5.92 Å². The van der Waals surface area contributed by atoms with Crippen LogP contribution in [0.2, 0.25) is 0 Å². The summed E-state index contributed by atoms with van der Waals surface area (Å²) in [7, 11) is 2.07. The number of carbonyl (C=O) groups is 1. The number of nitrogens with one attached hydrogen (secondary N) is 2. The fourth-order valence-electron chi connectivity index (χ4n) is 3.86. The summed E-state index contributed by atoms with van der Waals surface area (Å²) >= 11 is 15.7. The van der Waals surface area contributed by atoms with Crippen molar-refractivity contribution < 1.29 is 4.79 Å². The van der Waals surface area contributed by atoms with Crippen LogP contribution < -0.4 is 10.6 Å². The smallest absolute Gasteiger partial charge is 0.242 e. The summed E-state index contributed by atoms with van der Waals surface area (Å²) in [5.74, 6) is 0.419. The van der Waals surface area contributed by atoms with Gasteiger partial charge in [-0.3, -0.25) is 4.79 Å². The number of allylic oxidation sites excluding steroid dienone is 6. The first kappa shape index (κ1) is 28.9. The molecule has 0 aliphatic heterocycles. The van der Waals surface area contributed by atoms with Crippen LogP contribution in [-0.4, -0.2) is 36.4 Å². The molecule has 36 heavy (non-hydrogen) atoms. The van der Waals surface area contributed by atoms with Crippen LogP contribution in [0.3, 0.4) is 0 Å². The van der Waals surface area contributed by atoms with E-state index in [4.69, 9.17) is 23.2 Å². The third-order valence-corrected chi connectivity index (χ3v) is 8.30. The number of thiophene rings is 1. The lowest BCUT2D eigenvalue weighted by molar-refractivity contribution is -0.123. The molecule has 2 aromatic rings. The normalized spacial score (nSPS) is 14.8.